The molecule has 3 aromatic rings. The predicted octanol–water partition coefficient (Wildman–Crippen LogP) is 4.41. The smallest absolute Gasteiger partial charge is 0.253 e. The SMILES string of the molecule is Cc1cc(C)c(CNC(=O)c2ccc(=O)n(Cc3ccccc3Cl)c2)c(C)c1. The lowest BCUT2D eigenvalue weighted by Crippen LogP contribution is -2.27. The van der Waals surface area contributed by atoms with Crippen molar-refractivity contribution in [1.29, 1.82) is 0 Å². The summed E-state index contributed by atoms with van der Waals surface area (Å²) in [7, 11) is 0. The summed E-state index contributed by atoms with van der Waals surface area (Å²) in [6.45, 7) is 6.91. The molecule has 1 aromatic heterocycles. The van der Waals surface area contributed by atoms with Crippen molar-refractivity contribution < 1.29 is 4.79 Å². The van der Waals surface area contributed by atoms with Crippen molar-refractivity contribution in [2.45, 2.75) is 33.9 Å². The lowest BCUT2D eigenvalue weighted by Gasteiger charge is -2.13. The molecule has 144 valence electrons. The van der Waals surface area contributed by atoms with Crippen LogP contribution in [-0.4, -0.2) is 10.5 Å². The number of pyridine rings is 1. The van der Waals surface area contributed by atoms with Crippen molar-refractivity contribution in [1.82, 2.24) is 9.88 Å². The topological polar surface area (TPSA) is 51.1 Å². The molecule has 0 unspecified atom stereocenters. The van der Waals surface area contributed by atoms with Crippen molar-refractivity contribution in [2.75, 3.05) is 0 Å². The van der Waals surface area contributed by atoms with E-state index in [2.05, 4.69) is 24.4 Å². The van der Waals surface area contributed by atoms with E-state index in [0.29, 0.717) is 23.7 Å². The second-order valence-corrected chi connectivity index (χ2v) is 7.44. The minimum absolute atomic E-state index is 0.179. The Kier molecular flexibility index (Phi) is 6.00. The molecule has 0 aliphatic rings. The van der Waals surface area contributed by atoms with E-state index in [4.69, 9.17) is 11.6 Å². The number of benzene rings is 2. The maximum atomic E-state index is 12.6. The zero-order chi connectivity index (χ0) is 20.3. The summed E-state index contributed by atoms with van der Waals surface area (Å²) in [5, 5.41) is 3.55. The molecular weight excluding hydrogens is 372 g/mol. The third kappa shape index (κ3) is 4.52. The summed E-state index contributed by atoms with van der Waals surface area (Å²) in [5.74, 6) is -0.215. The van der Waals surface area contributed by atoms with Gasteiger partial charge in [-0.25, -0.2) is 0 Å². The summed E-state index contributed by atoms with van der Waals surface area (Å²) in [6, 6.07) is 14.5. The second-order valence-electron chi connectivity index (χ2n) is 7.04. The molecule has 0 aliphatic heterocycles. The first-order valence-corrected chi connectivity index (χ1v) is 9.52. The van der Waals surface area contributed by atoms with Gasteiger partial charge in [-0.3, -0.25) is 9.59 Å². The molecule has 0 aliphatic carbocycles. The van der Waals surface area contributed by atoms with E-state index in [1.807, 2.05) is 32.0 Å². The van der Waals surface area contributed by atoms with Crippen LogP contribution in [0.5, 0.6) is 0 Å². The summed E-state index contributed by atoms with van der Waals surface area (Å²) in [5.41, 5.74) is 5.72. The van der Waals surface area contributed by atoms with Crippen LogP contribution in [0.2, 0.25) is 5.02 Å². The third-order valence-corrected chi connectivity index (χ3v) is 5.18. The summed E-state index contributed by atoms with van der Waals surface area (Å²) in [4.78, 5) is 24.8. The average molecular weight is 395 g/mol. The van der Waals surface area contributed by atoms with E-state index in [9.17, 15) is 9.59 Å². The normalized spacial score (nSPS) is 10.7. The molecule has 1 N–H and O–H groups in total. The summed E-state index contributed by atoms with van der Waals surface area (Å²) < 4.78 is 1.50. The number of hydrogen-bond donors (Lipinski definition) is 1. The van der Waals surface area contributed by atoms with E-state index in [1.165, 1.54) is 16.2 Å². The number of aryl methyl sites for hydroxylation is 3. The van der Waals surface area contributed by atoms with Gasteiger partial charge in [-0.15, -0.1) is 0 Å². The minimum atomic E-state index is -0.215. The van der Waals surface area contributed by atoms with Crippen molar-refractivity contribution in [2.24, 2.45) is 0 Å². The van der Waals surface area contributed by atoms with Crippen LogP contribution >= 0.6 is 11.6 Å². The minimum Gasteiger partial charge on any atom is -0.348 e. The van der Waals surface area contributed by atoms with Crippen LogP contribution < -0.4 is 10.9 Å². The van der Waals surface area contributed by atoms with Gasteiger partial charge in [-0.2, -0.15) is 0 Å². The first-order valence-electron chi connectivity index (χ1n) is 9.14. The number of aromatic nitrogens is 1. The fraction of sp³-hybridized carbons (Fsp3) is 0.217. The Morgan fingerprint density at radius 2 is 1.71 bits per heavy atom. The Labute approximate surface area is 169 Å². The van der Waals surface area contributed by atoms with Gasteiger partial charge in [0.15, 0.2) is 0 Å². The monoisotopic (exact) mass is 394 g/mol. The standard InChI is InChI=1S/C23H23ClN2O2/c1-15-10-16(2)20(17(3)11-15)12-25-23(28)19-8-9-22(27)26(14-19)13-18-6-4-5-7-21(18)24/h4-11,14H,12-13H2,1-3H3,(H,25,28). The number of carbonyl (C=O) groups excluding carboxylic acids is 1. The van der Waals surface area contributed by atoms with Crippen molar-refractivity contribution in [3.05, 3.63) is 103 Å². The molecule has 1 heterocycles. The zero-order valence-electron chi connectivity index (χ0n) is 16.3. The fourth-order valence-corrected chi connectivity index (χ4v) is 3.55. The van der Waals surface area contributed by atoms with Crippen molar-refractivity contribution in [3.63, 3.8) is 0 Å². The number of halogens is 1. The molecule has 3 rings (SSSR count). The number of rotatable bonds is 5. The van der Waals surface area contributed by atoms with E-state index < -0.39 is 0 Å². The van der Waals surface area contributed by atoms with Gasteiger partial charge >= 0.3 is 0 Å². The number of amides is 1. The zero-order valence-corrected chi connectivity index (χ0v) is 17.0. The second kappa shape index (κ2) is 8.44. The summed E-state index contributed by atoms with van der Waals surface area (Å²) in [6.07, 6.45) is 1.58. The Bertz CT molecular complexity index is 1060. The highest BCUT2D eigenvalue weighted by Crippen LogP contribution is 2.17. The van der Waals surface area contributed by atoms with E-state index in [-0.39, 0.29) is 11.5 Å². The maximum Gasteiger partial charge on any atom is 0.253 e. The molecular formula is C23H23ClN2O2. The molecule has 1 amide bonds. The largest absolute Gasteiger partial charge is 0.348 e. The van der Waals surface area contributed by atoms with Crippen LogP contribution in [0, 0.1) is 20.8 Å². The molecule has 4 nitrogen and oxygen atoms in total. The van der Waals surface area contributed by atoms with Gasteiger partial charge in [0.1, 0.15) is 0 Å². The molecule has 0 radical (unpaired) electrons. The number of nitrogens with one attached hydrogen (secondary N) is 1. The van der Waals surface area contributed by atoms with Crippen LogP contribution in [0.4, 0.5) is 0 Å². The molecule has 0 saturated heterocycles. The maximum absolute atomic E-state index is 12.6. The molecule has 0 spiro atoms. The molecule has 5 heteroatoms. The van der Waals surface area contributed by atoms with Crippen LogP contribution in [0.1, 0.15) is 38.2 Å². The Balaban J connectivity index is 1.78. The highest BCUT2D eigenvalue weighted by molar-refractivity contribution is 6.31. The quantitative estimate of drug-likeness (QED) is 0.697. The van der Waals surface area contributed by atoms with Gasteiger partial charge in [0.05, 0.1) is 12.1 Å². The van der Waals surface area contributed by atoms with Gasteiger partial charge in [0.2, 0.25) is 0 Å². The van der Waals surface area contributed by atoms with Gasteiger partial charge in [-0.1, -0.05) is 47.5 Å². The van der Waals surface area contributed by atoms with E-state index in [0.717, 1.165) is 22.3 Å². The number of hydrogen-bond acceptors (Lipinski definition) is 2. The van der Waals surface area contributed by atoms with Gasteiger partial charge in [-0.05, 0) is 55.2 Å². The fourth-order valence-electron chi connectivity index (χ4n) is 3.36. The first-order chi connectivity index (χ1) is 13.3. The average Bonchev–Trinajstić information content (AvgIpc) is 2.64. The predicted molar refractivity (Wildman–Crippen MR) is 113 cm³/mol. The summed E-state index contributed by atoms with van der Waals surface area (Å²) >= 11 is 6.19. The van der Waals surface area contributed by atoms with Crippen molar-refractivity contribution in [3.8, 4) is 0 Å². The van der Waals surface area contributed by atoms with E-state index in [1.54, 1.807) is 18.3 Å². The van der Waals surface area contributed by atoms with Gasteiger partial charge in [0.25, 0.3) is 11.5 Å². The van der Waals surface area contributed by atoms with Crippen LogP contribution in [-0.2, 0) is 13.1 Å². The van der Waals surface area contributed by atoms with Gasteiger partial charge in [0, 0.05) is 23.8 Å². The Morgan fingerprint density at radius 3 is 2.39 bits per heavy atom. The van der Waals surface area contributed by atoms with Crippen LogP contribution in [0.3, 0.4) is 0 Å². The molecule has 0 saturated carbocycles. The first kappa shape index (κ1) is 19.9. The Hall–Kier alpha value is -2.85. The highest BCUT2D eigenvalue weighted by atomic mass is 35.5. The lowest BCUT2D eigenvalue weighted by atomic mass is 10.00. The molecule has 0 atom stereocenters. The van der Waals surface area contributed by atoms with Gasteiger partial charge < -0.3 is 9.88 Å². The molecule has 0 fully saturated rings. The number of nitrogens with zero attached hydrogens (tertiary/aromatic N) is 1. The Morgan fingerprint density at radius 1 is 1.04 bits per heavy atom. The molecule has 28 heavy (non-hydrogen) atoms. The van der Waals surface area contributed by atoms with Crippen LogP contribution in [0.15, 0.2) is 59.5 Å². The molecule has 2 aromatic carbocycles. The van der Waals surface area contributed by atoms with E-state index >= 15 is 0 Å². The highest BCUT2D eigenvalue weighted by Gasteiger charge is 2.11. The lowest BCUT2D eigenvalue weighted by molar-refractivity contribution is 0.0950. The third-order valence-electron chi connectivity index (χ3n) is 4.81. The molecule has 0 bridgehead atoms. The van der Waals surface area contributed by atoms with Crippen LogP contribution in [0.25, 0.3) is 0 Å². The van der Waals surface area contributed by atoms with Crippen molar-refractivity contribution >= 4 is 17.5 Å². The number of carbonyl (C=O) groups is 1.